The molecule has 0 saturated heterocycles. The van der Waals surface area contributed by atoms with Crippen molar-refractivity contribution in [1.82, 2.24) is 5.32 Å². The van der Waals surface area contributed by atoms with E-state index >= 15 is 0 Å². The predicted octanol–water partition coefficient (Wildman–Crippen LogP) is 4.14. The number of halogens is 1. The van der Waals surface area contributed by atoms with Gasteiger partial charge in [0.1, 0.15) is 11.6 Å². The van der Waals surface area contributed by atoms with Crippen molar-refractivity contribution in [3.05, 3.63) is 29.6 Å². The van der Waals surface area contributed by atoms with E-state index in [-0.39, 0.29) is 11.9 Å². The first-order valence-electron chi connectivity index (χ1n) is 7.22. The first-order valence-corrected chi connectivity index (χ1v) is 7.22. The standard InChI is InChI=1S/C16H26FNO/c1-5-15(6-2)19-16-8-7-14(17)9-13(16)11-18-10-12(3)4/h7-9,12,15,18H,5-6,10-11H2,1-4H3. The summed E-state index contributed by atoms with van der Waals surface area (Å²) in [6.45, 7) is 10.1. The van der Waals surface area contributed by atoms with E-state index in [1.165, 1.54) is 6.07 Å². The van der Waals surface area contributed by atoms with Crippen molar-refractivity contribution < 1.29 is 9.13 Å². The number of hydrogen-bond acceptors (Lipinski definition) is 2. The second-order valence-electron chi connectivity index (χ2n) is 5.33. The van der Waals surface area contributed by atoms with Gasteiger partial charge in [-0.2, -0.15) is 0 Å². The average molecular weight is 267 g/mol. The molecule has 0 spiro atoms. The molecule has 108 valence electrons. The molecule has 2 nitrogen and oxygen atoms in total. The van der Waals surface area contributed by atoms with E-state index in [2.05, 4.69) is 33.0 Å². The van der Waals surface area contributed by atoms with Crippen LogP contribution in [0.2, 0.25) is 0 Å². The predicted molar refractivity (Wildman–Crippen MR) is 77.9 cm³/mol. The first kappa shape index (κ1) is 16.0. The lowest BCUT2D eigenvalue weighted by molar-refractivity contribution is 0.190. The molecular weight excluding hydrogens is 241 g/mol. The van der Waals surface area contributed by atoms with Gasteiger partial charge in [0, 0.05) is 12.1 Å². The minimum absolute atomic E-state index is 0.203. The fraction of sp³-hybridized carbons (Fsp3) is 0.625. The monoisotopic (exact) mass is 267 g/mol. The Labute approximate surface area is 116 Å². The molecule has 0 aliphatic heterocycles. The van der Waals surface area contributed by atoms with E-state index in [0.717, 1.165) is 30.7 Å². The lowest BCUT2D eigenvalue weighted by Gasteiger charge is -2.19. The molecule has 0 radical (unpaired) electrons. The number of rotatable bonds is 8. The zero-order valence-corrected chi connectivity index (χ0v) is 12.5. The third-order valence-electron chi connectivity index (χ3n) is 3.09. The van der Waals surface area contributed by atoms with Gasteiger partial charge in [-0.25, -0.2) is 4.39 Å². The Balaban J connectivity index is 2.73. The quantitative estimate of drug-likeness (QED) is 0.764. The molecule has 3 heteroatoms. The minimum atomic E-state index is -0.210. The van der Waals surface area contributed by atoms with Crippen LogP contribution in [0.15, 0.2) is 18.2 Å². The third kappa shape index (κ3) is 5.60. The number of benzene rings is 1. The molecular formula is C16H26FNO. The first-order chi connectivity index (χ1) is 9.06. The van der Waals surface area contributed by atoms with Crippen LogP contribution in [0.3, 0.4) is 0 Å². The van der Waals surface area contributed by atoms with Gasteiger partial charge in [0.25, 0.3) is 0 Å². The summed E-state index contributed by atoms with van der Waals surface area (Å²) in [6, 6.07) is 4.76. The molecule has 0 bridgehead atoms. The van der Waals surface area contributed by atoms with Crippen LogP contribution in [-0.2, 0) is 6.54 Å². The van der Waals surface area contributed by atoms with Gasteiger partial charge in [-0.05, 0) is 43.5 Å². The van der Waals surface area contributed by atoms with Crippen molar-refractivity contribution in [2.75, 3.05) is 6.54 Å². The highest BCUT2D eigenvalue weighted by molar-refractivity contribution is 5.34. The maximum absolute atomic E-state index is 13.4. The Morgan fingerprint density at radius 3 is 2.47 bits per heavy atom. The molecule has 0 fully saturated rings. The normalized spacial score (nSPS) is 11.3. The van der Waals surface area contributed by atoms with Crippen molar-refractivity contribution in [2.24, 2.45) is 5.92 Å². The Morgan fingerprint density at radius 1 is 1.21 bits per heavy atom. The lowest BCUT2D eigenvalue weighted by atomic mass is 10.1. The van der Waals surface area contributed by atoms with E-state index in [0.29, 0.717) is 12.5 Å². The molecule has 0 unspecified atom stereocenters. The van der Waals surface area contributed by atoms with E-state index in [9.17, 15) is 4.39 Å². The van der Waals surface area contributed by atoms with Crippen LogP contribution in [-0.4, -0.2) is 12.6 Å². The summed E-state index contributed by atoms with van der Waals surface area (Å²) in [4.78, 5) is 0. The van der Waals surface area contributed by atoms with E-state index in [1.807, 2.05) is 0 Å². The molecule has 0 amide bonds. The van der Waals surface area contributed by atoms with E-state index < -0.39 is 0 Å². The summed E-state index contributed by atoms with van der Waals surface area (Å²) in [5.41, 5.74) is 0.896. The number of ether oxygens (including phenoxy) is 1. The van der Waals surface area contributed by atoms with Gasteiger partial charge in [0.05, 0.1) is 6.10 Å². The van der Waals surface area contributed by atoms with E-state index in [4.69, 9.17) is 4.74 Å². The van der Waals surface area contributed by atoms with Crippen molar-refractivity contribution in [3.63, 3.8) is 0 Å². The topological polar surface area (TPSA) is 21.3 Å². The summed E-state index contributed by atoms with van der Waals surface area (Å²) in [5, 5.41) is 3.33. The van der Waals surface area contributed by atoms with Crippen LogP contribution in [0.1, 0.15) is 46.1 Å². The Bertz CT molecular complexity index is 375. The average Bonchev–Trinajstić information content (AvgIpc) is 2.37. The summed E-state index contributed by atoms with van der Waals surface area (Å²) in [5.74, 6) is 1.17. The summed E-state index contributed by atoms with van der Waals surface area (Å²) in [6.07, 6.45) is 2.13. The van der Waals surface area contributed by atoms with Crippen LogP contribution < -0.4 is 10.1 Å². The summed E-state index contributed by atoms with van der Waals surface area (Å²) in [7, 11) is 0. The Kier molecular flexibility index (Phi) is 6.85. The van der Waals surface area contributed by atoms with Crippen molar-refractivity contribution in [1.29, 1.82) is 0 Å². The maximum Gasteiger partial charge on any atom is 0.124 e. The molecule has 0 atom stereocenters. The van der Waals surface area contributed by atoms with Gasteiger partial charge < -0.3 is 10.1 Å². The molecule has 0 aliphatic rings. The third-order valence-corrected chi connectivity index (χ3v) is 3.09. The molecule has 19 heavy (non-hydrogen) atoms. The van der Waals surface area contributed by atoms with Gasteiger partial charge in [-0.15, -0.1) is 0 Å². The largest absolute Gasteiger partial charge is 0.490 e. The fourth-order valence-corrected chi connectivity index (χ4v) is 1.93. The SMILES string of the molecule is CCC(CC)Oc1ccc(F)cc1CNCC(C)C. The molecule has 1 aromatic rings. The smallest absolute Gasteiger partial charge is 0.124 e. The summed E-state index contributed by atoms with van der Waals surface area (Å²) >= 11 is 0. The van der Waals surface area contributed by atoms with Crippen LogP contribution >= 0.6 is 0 Å². The van der Waals surface area contributed by atoms with Crippen LogP contribution in [0.25, 0.3) is 0 Å². The fourth-order valence-electron chi connectivity index (χ4n) is 1.93. The summed E-state index contributed by atoms with van der Waals surface area (Å²) < 4.78 is 19.3. The second-order valence-corrected chi connectivity index (χ2v) is 5.33. The van der Waals surface area contributed by atoms with Gasteiger partial charge >= 0.3 is 0 Å². The Morgan fingerprint density at radius 2 is 1.89 bits per heavy atom. The molecule has 0 aromatic heterocycles. The highest BCUT2D eigenvalue weighted by atomic mass is 19.1. The van der Waals surface area contributed by atoms with E-state index in [1.54, 1.807) is 12.1 Å². The highest BCUT2D eigenvalue weighted by Gasteiger charge is 2.10. The van der Waals surface area contributed by atoms with Gasteiger partial charge in [-0.1, -0.05) is 27.7 Å². The highest BCUT2D eigenvalue weighted by Crippen LogP contribution is 2.22. The Hall–Kier alpha value is -1.09. The van der Waals surface area contributed by atoms with Gasteiger partial charge in [0.15, 0.2) is 0 Å². The second kappa shape index (κ2) is 8.16. The number of hydrogen-bond donors (Lipinski definition) is 1. The van der Waals surface area contributed by atoms with Gasteiger partial charge in [-0.3, -0.25) is 0 Å². The van der Waals surface area contributed by atoms with Crippen molar-refractivity contribution >= 4 is 0 Å². The molecule has 1 aromatic carbocycles. The van der Waals surface area contributed by atoms with Crippen LogP contribution in [0, 0.1) is 11.7 Å². The minimum Gasteiger partial charge on any atom is -0.490 e. The number of nitrogens with one attached hydrogen (secondary N) is 1. The zero-order valence-electron chi connectivity index (χ0n) is 12.5. The molecule has 1 rings (SSSR count). The van der Waals surface area contributed by atoms with Gasteiger partial charge in [0.2, 0.25) is 0 Å². The van der Waals surface area contributed by atoms with Crippen LogP contribution in [0.4, 0.5) is 4.39 Å². The molecule has 1 N–H and O–H groups in total. The molecule has 0 aliphatic carbocycles. The van der Waals surface area contributed by atoms with Crippen molar-refractivity contribution in [2.45, 2.75) is 53.2 Å². The molecule has 0 heterocycles. The maximum atomic E-state index is 13.4. The lowest BCUT2D eigenvalue weighted by Crippen LogP contribution is -2.21. The zero-order chi connectivity index (χ0) is 14.3. The van der Waals surface area contributed by atoms with Crippen LogP contribution in [0.5, 0.6) is 5.75 Å². The molecule has 0 saturated carbocycles. The van der Waals surface area contributed by atoms with Crippen molar-refractivity contribution in [3.8, 4) is 5.75 Å².